The number of oxazole rings is 1. The summed E-state index contributed by atoms with van der Waals surface area (Å²) in [6, 6.07) is 0. The van der Waals surface area contributed by atoms with E-state index in [1.54, 1.807) is 24.9 Å². The summed E-state index contributed by atoms with van der Waals surface area (Å²) in [7, 11) is 1.74. The van der Waals surface area contributed by atoms with Crippen LogP contribution in [0.4, 0.5) is 0 Å². The van der Waals surface area contributed by atoms with Crippen LogP contribution < -0.4 is 0 Å². The molecule has 24 heavy (non-hydrogen) atoms. The molecule has 2 rings (SSSR count). The summed E-state index contributed by atoms with van der Waals surface area (Å²) in [6.07, 6.45) is 3.01. The van der Waals surface area contributed by atoms with Crippen molar-refractivity contribution in [2.45, 2.75) is 26.0 Å². The number of amides is 1. The molecule has 1 atom stereocenters. The van der Waals surface area contributed by atoms with Gasteiger partial charge in [-0.3, -0.25) is 14.6 Å². The standard InChI is InChI=1S/C17H28N4O3/c1-5-17(3,23)13-21-9-7-20(8-10-21)11-15-18-14(12-24-15)16(22)19(4)6-2/h5,12,23H,1,6-11,13H2,2-4H3. The van der Waals surface area contributed by atoms with Crippen LogP contribution in [0.2, 0.25) is 0 Å². The zero-order valence-corrected chi connectivity index (χ0v) is 14.9. The Bertz CT molecular complexity index is 562. The van der Waals surface area contributed by atoms with Gasteiger partial charge in [0.2, 0.25) is 5.89 Å². The van der Waals surface area contributed by atoms with Crippen molar-refractivity contribution >= 4 is 5.91 Å². The lowest BCUT2D eigenvalue weighted by atomic mass is 10.1. The molecule has 1 aliphatic heterocycles. The van der Waals surface area contributed by atoms with E-state index < -0.39 is 5.60 Å². The van der Waals surface area contributed by atoms with E-state index in [4.69, 9.17) is 4.42 Å². The zero-order chi connectivity index (χ0) is 17.7. The van der Waals surface area contributed by atoms with E-state index in [0.717, 1.165) is 26.2 Å². The second kappa shape index (κ2) is 7.92. The number of aromatic nitrogens is 1. The lowest BCUT2D eigenvalue weighted by Gasteiger charge is -2.36. The van der Waals surface area contributed by atoms with Gasteiger partial charge in [0.05, 0.1) is 12.1 Å². The van der Waals surface area contributed by atoms with Crippen LogP contribution in [0.25, 0.3) is 0 Å². The van der Waals surface area contributed by atoms with E-state index in [1.807, 2.05) is 6.92 Å². The minimum absolute atomic E-state index is 0.121. The summed E-state index contributed by atoms with van der Waals surface area (Å²) >= 11 is 0. The van der Waals surface area contributed by atoms with E-state index in [9.17, 15) is 9.90 Å². The monoisotopic (exact) mass is 336 g/mol. The summed E-state index contributed by atoms with van der Waals surface area (Å²) < 4.78 is 5.44. The van der Waals surface area contributed by atoms with Crippen LogP contribution in [-0.4, -0.2) is 82.6 Å². The molecule has 0 bridgehead atoms. The number of carbonyl (C=O) groups is 1. The predicted octanol–water partition coefficient (Wildman–Crippen LogP) is 0.821. The highest BCUT2D eigenvalue weighted by Crippen LogP contribution is 2.13. The maximum absolute atomic E-state index is 12.0. The van der Waals surface area contributed by atoms with Crippen LogP contribution in [0.1, 0.15) is 30.2 Å². The van der Waals surface area contributed by atoms with Gasteiger partial charge in [0.25, 0.3) is 5.91 Å². The van der Waals surface area contributed by atoms with Crippen LogP contribution in [0.5, 0.6) is 0 Å². The fourth-order valence-electron chi connectivity index (χ4n) is 2.63. The summed E-state index contributed by atoms with van der Waals surface area (Å²) in [5, 5.41) is 10.1. The largest absolute Gasteiger partial charge is 0.447 e. The molecule has 0 saturated carbocycles. The molecule has 1 saturated heterocycles. The first-order valence-electron chi connectivity index (χ1n) is 8.35. The molecular formula is C17H28N4O3. The number of nitrogens with zero attached hydrogens (tertiary/aromatic N) is 4. The first kappa shape index (κ1) is 18.6. The molecule has 1 aromatic rings. The second-order valence-electron chi connectivity index (χ2n) is 6.56. The van der Waals surface area contributed by atoms with Gasteiger partial charge in [0, 0.05) is 46.3 Å². The van der Waals surface area contributed by atoms with Crippen LogP contribution in [0.15, 0.2) is 23.3 Å². The highest BCUT2D eigenvalue weighted by atomic mass is 16.3. The SMILES string of the molecule is C=CC(C)(O)CN1CCN(Cc2nc(C(=O)N(C)CC)co2)CC1. The van der Waals surface area contributed by atoms with Gasteiger partial charge in [-0.2, -0.15) is 0 Å². The molecule has 7 heteroatoms. The smallest absolute Gasteiger partial charge is 0.275 e. The summed E-state index contributed by atoms with van der Waals surface area (Å²) in [4.78, 5) is 22.4. The van der Waals surface area contributed by atoms with E-state index in [2.05, 4.69) is 21.4 Å². The van der Waals surface area contributed by atoms with Gasteiger partial charge in [0.15, 0.2) is 5.69 Å². The average Bonchev–Trinajstić information content (AvgIpc) is 3.03. The van der Waals surface area contributed by atoms with Crippen molar-refractivity contribution in [3.05, 3.63) is 30.5 Å². The molecule has 134 valence electrons. The molecule has 0 radical (unpaired) electrons. The number of β-amino-alcohol motifs (C(OH)–C–C–N with tert-alkyl or cyclic N) is 1. The summed E-state index contributed by atoms with van der Waals surface area (Å²) in [5.74, 6) is 0.443. The quantitative estimate of drug-likeness (QED) is 0.743. The van der Waals surface area contributed by atoms with Gasteiger partial charge in [0.1, 0.15) is 6.26 Å². The van der Waals surface area contributed by atoms with E-state index >= 15 is 0 Å². The van der Waals surface area contributed by atoms with Crippen LogP contribution >= 0.6 is 0 Å². The second-order valence-corrected chi connectivity index (χ2v) is 6.56. The number of rotatable bonds is 7. The molecular weight excluding hydrogens is 308 g/mol. The molecule has 7 nitrogen and oxygen atoms in total. The normalized spacial score (nSPS) is 19.0. The Morgan fingerprint density at radius 1 is 1.46 bits per heavy atom. The number of hydrogen-bond acceptors (Lipinski definition) is 6. The molecule has 1 aliphatic rings. The van der Waals surface area contributed by atoms with Gasteiger partial charge in [-0.05, 0) is 13.8 Å². The minimum Gasteiger partial charge on any atom is -0.447 e. The Morgan fingerprint density at radius 3 is 2.67 bits per heavy atom. The number of piperazine rings is 1. The fraction of sp³-hybridized carbons (Fsp3) is 0.647. The van der Waals surface area contributed by atoms with Gasteiger partial charge in [-0.15, -0.1) is 6.58 Å². The van der Waals surface area contributed by atoms with Crippen LogP contribution in [0.3, 0.4) is 0 Å². The molecule has 1 aromatic heterocycles. The summed E-state index contributed by atoms with van der Waals surface area (Å²) in [5.41, 5.74) is -0.499. The third-order valence-corrected chi connectivity index (χ3v) is 4.40. The van der Waals surface area contributed by atoms with Gasteiger partial charge in [-0.25, -0.2) is 4.98 Å². The molecule has 1 amide bonds. The highest BCUT2D eigenvalue weighted by Gasteiger charge is 2.25. The Balaban J connectivity index is 1.83. The maximum atomic E-state index is 12.0. The van der Waals surface area contributed by atoms with E-state index in [-0.39, 0.29) is 5.91 Å². The molecule has 0 spiro atoms. The van der Waals surface area contributed by atoms with Crippen molar-refractivity contribution < 1.29 is 14.3 Å². The Morgan fingerprint density at radius 2 is 2.08 bits per heavy atom. The Labute approximate surface area is 143 Å². The zero-order valence-electron chi connectivity index (χ0n) is 14.9. The molecule has 0 aliphatic carbocycles. The fourth-order valence-corrected chi connectivity index (χ4v) is 2.63. The highest BCUT2D eigenvalue weighted by molar-refractivity contribution is 5.91. The number of carbonyl (C=O) groups excluding carboxylic acids is 1. The van der Waals surface area contributed by atoms with Gasteiger partial charge in [-0.1, -0.05) is 6.08 Å². The molecule has 1 fully saturated rings. The molecule has 1 unspecified atom stereocenters. The Kier molecular flexibility index (Phi) is 6.15. The minimum atomic E-state index is -0.856. The van der Waals surface area contributed by atoms with Crippen molar-refractivity contribution in [3.8, 4) is 0 Å². The topological polar surface area (TPSA) is 73.1 Å². The lowest BCUT2D eigenvalue weighted by molar-refractivity contribution is 0.0348. The predicted molar refractivity (Wildman–Crippen MR) is 91.7 cm³/mol. The number of aliphatic hydroxyl groups is 1. The van der Waals surface area contributed by atoms with E-state index in [0.29, 0.717) is 31.2 Å². The van der Waals surface area contributed by atoms with E-state index in [1.165, 1.54) is 6.26 Å². The van der Waals surface area contributed by atoms with Crippen molar-refractivity contribution in [2.75, 3.05) is 46.3 Å². The third kappa shape index (κ3) is 4.90. The Hall–Kier alpha value is -1.70. The lowest BCUT2D eigenvalue weighted by Crippen LogP contribution is -2.50. The first-order valence-corrected chi connectivity index (χ1v) is 8.35. The summed E-state index contributed by atoms with van der Waals surface area (Å²) in [6.45, 7) is 12.6. The average molecular weight is 336 g/mol. The van der Waals surface area contributed by atoms with Crippen LogP contribution in [0, 0.1) is 0 Å². The molecule has 0 aromatic carbocycles. The van der Waals surface area contributed by atoms with Crippen molar-refractivity contribution in [2.24, 2.45) is 0 Å². The number of hydrogen-bond donors (Lipinski definition) is 1. The maximum Gasteiger partial charge on any atom is 0.275 e. The first-order chi connectivity index (χ1) is 11.3. The molecule has 1 N–H and O–H groups in total. The van der Waals surface area contributed by atoms with Crippen molar-refractivity contribution in [1.82, 2.24) is 19.7 Å². The van der Waals surface area contributed by atoms with Crippen LogP contribution in [-0.2, 0) is 6.54 Å². The molecule has 2 heterocycles. The van der Waals surface area contributed by atoms with Crippen molar-refractivity contribution in [1.29, 1.82) is 0 Å². The van der Waals surface area contributed by atoms with Crippen molar-refractivity contribution in [3.63, 3.8) is 0 Å². The van der Waals surface area contributed by atoms with Gasteiger partial charge < -0.3 is 14.4 Å². The van der Waals surface area contributed by atoms with Gasteiger partial charge >= 0.3 is 0 Å². The third-order valence-electron chi connectivity index (χ3n) is 4.40.